The zero-order chi connectivity index (χ0) is 77.7. The lowest BCUT2D eigenvalue weighted by Crippen LogP contribution is -2.50. The number of amides is 8. The van der Waals surface area contributed by atoms with Crippen LogP contribution in [0.2, 0.25) is 0 Å². The Morgan fingerprint density at radius 1 is 0.441 bits per heavy atom. The van der Waals surface area contributed by atoms with Gasteiger partial charge >= 0.3 is 24.1 Å². The first-order valence-corrected chi connectivity index (χ1v) is 38.3. The van der Waals surface area contributed by atoms with E-state index in [1.54, 1.807) is 6.07 Å². The molecule has 1 aliphatic carbocycles. The lowest BCUT2D eigenvalue weighted by atomic mass is 10.00. The number of aromatic nitrogens is 8. The molecule has 8 amide bonds. The predicted octanol–water partition coefficient (Wildman–Crippen LogP) is 18.0. The first-order valence-electron chi connectivity index (χ1n) is 38.3. The standard InChI is InChI=1S/C27H26N6O.C23H29N5O.C20H22N4O.C18H20N4O/c1-18-6-7-19(2)25(14-18)32-10-12-33(13-11-32)27(34)29-26-23-9-8-22(16-24(23)30-31-26)21-5-3-4-20(15-21)17-28;1-4-28-11-5-6-19(28)14-24-23(29)25-22-20-10-9-18(13-21(20)26-27-22)17-8-7-15(2)16(3)12-17;1-12-7-13(2)9-16(8-12)15-5-6-17-18(10-15)23-24-19(17)22-20(25)21-11-14-3-4-14;1-3-10-19-18(23)20-17-15-9-8-13(11-16(15)21-22-17)14-7-5-4-6-12(14)2/h3-9,14-16H,10-13H2,1-2H3,(H2,29,30,31,34);7-10,12-13,19H,4-6,11,14H2,1-3H3,(H3,24,25,26,27,29);5-10,14H,3-4,11H2,1-2H3,(H3,21,22,23,24,25);4-9,11H,3,10H2,1-2H3,(H3,19,20,21,22,23). The van der Waals surface area contributed by atoms with Gasteiger partial charge in [0, 0.05) is 79.1 Å². The number of urea groups is 4. The van der Waals surface area contributed by atoms with Crippen LogP contribution >= 0.6 is 0 Å². The molecule has 16 rings (SSSR count). The molecule has 3 aliphatic rings. The Kier molecular flexibility index (Phi) is 24.1. The number of anilines is 5. The van der Waals surface area contributed by atoms with Crippen molar-refractivity contribution in [1.82, 2.24) is 66.5 Å². The van der Waals surface area contributed by atoms with Gasteiger partial charge in [0.05, 0.1) is 33.7 Å². The van der Waals surface area contributed by atoms with Crippen molar-refractivity contribution >= 4 is 96.7 Å². The van der Waals surface area contributed by atoms with E-state index in [9.17, 15) is 19.2 Å². The highest BCUT2D eigenvalue weighted by Gasteiger charge is 2.27. The summed E-state index contributed by atoms with van der Waals surface area (Å²) in [4.78, 5) is 55.7. The fourth-order valence-electron chi connectivity index (χ4n) is 14.3. The Balaban J connectivity index is 0.000000131. The van der Waals surface area contributed by atoms with Crippen molar-refractivity contribution < 1.29 is 19.2 Å². The Labute approximate surface area is 646 Å². The number of H-pyrrole nitrogens is 4. The van der Waals surface area contributed by atoms with Crippen molar-refractivity contribution in [3.63, 3.8) is 0 Å². The molecule has 2 aliphatic heterocycles. The van der Waals surface area contributed by atoms with Gasteiger partial charge < -0.3 is 25.8 Å². The first-order chi connectivity index (χ1) is 53.8. The molecule has 13 aromatic rings. The lowest BCUT2D eigenvalue weighted by Gasteiger charge is -2.36. The highest BCUT2D eigenvalue weighted by atomic mass is 16.2. The van der Waals surface area contributed by atoms with Gasteiger partial charge in [-0.15, -0.1) is 0 Å². The van der Waals surface area contributed by atoms with E-state index in [4.69, 9.17) is 5.26 Å². The second kappa shape index (κ2) is 35.0. The molecule has 2 saturated heterocycles. The van der Waals surface area contributed by atoms with Crippen molar-refractivity contribution in [2.75, 3.05) is 85.1 Å². The number of fused-ring (bicyclic) bond motifs is 4. The number of hydrogen-bond donors (Lipinski definition) is 11. The van der Waals surface area contributed by atoms with Crippen LogP contribution in [0.1, 0.15) is 90.5 Å². The van der Waals surface area contributed by atoms with Crippen molar-refractivity contribution in [1.29, 1.82) is 5.26 Å². The van der Waals surface area contributed by atoms with Gasteiger partial charge in [-0.2, -0.15) is 25.7 Å². The molecule has 1 unspecified atom stereocenters. The van der Waals surface area contributed by atoms with E-state index in [2.05, 4.69) is 252 Å². The van der Waals surface area contributed by atoms with Crippen LogP contribution < -0.4 is 42.1 Å². The molecule has 0 bridgehead atoms. The Morgan fingerprint density at radius 2 is 0.946 bits per heavy atom. The Morgan fingerprint density at radius 3 is 1.50 bits per heavy atom. The molecule has 568 valence electrons. The van der Waals surface area contributed by atoms with Gasteiger partial charge in [-0.1, -0.05) is 134 Å². The summed E-state index contributed by atoms with van der Waals surface area (Å²) in [5, 5.41) is 62.0. The molecular weight excluding hydrogens is 1390 g/mol. The fraction of sp³-hybridized carbons (Fsp3) is 0.284. The molecule has 23 nitrogen and oxygen atoms in total. The average molecular weight is 1480 g/mol. The first kappa shape index (κ1) is 76.4. The smallest absolute Gasteiger partial charge is 0.323 e. The molecule has 11 N–H and O–H groups in total. The number of likely N-dealkylation sites (tertiary alicyclic amines) is 1. The molecule has 6 heterocycles. The number of nitriles is 1. The average Bonchev–Trinajstić information content (AvgIpc) is 1.70. The molecule has 0 radical (unpaired) electrons. The van der Waals surface area contributed by atoms with Gasteiger partial charge in [-0.05, 0) is 239 Å². The SMILES string of the molecule is CCCNC(=O)Nc1n[nH]c2cc(-c3ccccc3C)ccc12.CCN1CCCC1CNC(=O)Nc1n[nH]c2cc(-c3ccc(C)c(C)c3)ccc12.Cc1cc(C)cc(-c2ccc3c(NC(=O)NCC4CC4)n[nH]c3c2)c1.Cc1ccc(C)c(N2CCN(C(=O)Nc3n[nH]c4cc(-c5cccc(C#N)c5)ccc34)CC2)c1. The number of carbonyl (C=O) groups is 4. The number of rotatable bonds is 16. The number of nitrogens with one attached hydrogen (secondary N) is 11. The molecule has 1 saturated carbocycles. The van der Waals surface area contributed by atoms with Crippen molar-refractivity contribution in [2.45, 2.75) is 100 Å². The third-order valence-corrected chi connectivity index (χ3v) is 20.8. The van der Waals surface area contributed by atoms with Crippen LogP contribution in [-0.2, 0) is 0 Å². The quantitative estimate of drug-likeness (QED) is 0.0432. The Bertz CT molecular complexity index is 5540. The van der Waals surface area contributed by atoms with E-state index in [1.165, 1.54) is 80.6 Å². The van der Waals surface area contributed by atoms with E-state index in [1.807, 2.05) is 78.6 Å². The van der Waals surface area contributed by atoms with Crippen LogP contribution in [0.5, 0.6) is 0 Å². The minimum Gasteiger partial charge on any atom is -0.368 e. The summed E-state index contributed by atoms with van der Waals surface area (Å²) in [5.74, 6) is 2.85. The molecule has 9 aromatic carbocycles. The highest BCUT2D eigenvalue weighted by Crippen LogP contribution is 2.35. The molecule has 111 heavy (non-hydrogen) atoms. The van der Waals surface area contributed by atoms with Gasteiger partial charge in [0.1, 0.15) is 0 Å². The third-order valence-electron chi connectivity index (χ3n) is 20.8. The summed E-state index contributed by atoms with van der Waals surface area (Å²) in [7, 11) is 0. The zero-order valence-corrected chi connectivity index (χ0v) is 64.5. The summed E-state index contributed by atoms with van der Waals surface area (Å²) >= 11 is 0. The summed E-state index contributed by atoms with van der Waals surface area (Å²) in [5.41, 5.74) is 23.1. The minimum atomic E-state index is -0.233. The monoisotopic (exact) mass is 1480 g/mol. The van der Waals surface area contributed by atoms with E-state index >= 15 is 0 Å². The largest absolute Gasteiger partial charge is 0.368 e. The number of piperazine rings is 1. The van der Waals surface area contributed by atoms with E-state index < -0.39 is 0 Å². The van der Waals surface area contributed by atoms with Gasteiger partial charge in [-0.3, -0.25) is 46.6 Å². The van der Waals surface area contributed by atoms with Crippen LogP contribution in [-0.4, -0.2) is 140 Å². The third kappa shape index (κ3) is 19.0. The number of aromatic amines is 4. The minimum absolute atomic E-state index is 0.139. The van der Waals surface area contributed by atoms with E-state index in [-0.39, 0.29) is 24.1 Å². The second-order valence-electron chi connectivity index (χ2n) is 29.1. The Hall–Kier alpha value is -12.8. The van der Waals surface area contributed by atoms with Crippen LogP contribution in [0, 0.1) is 65.7 Å². The molecule has 23 heteroatoms. The fourth-order valence-corrected chi connectivity index (χ4v) is 14.3. The van der Waals surface area contributed by atoms with E-state index in [0.29, 0.717) is 67.0 Å². The number of likely N-dealkylation sites (N-methyl/N-ethyl adjacent to an activating group) is 1. The summed E-state index contributed by atoms with van der Waals surface area (Å²) in [6.45, 7) is 26.1. The molecule has 1 atom stereocenters. The number of carbonyl (C=O) groups excluding carboxylic acids is 4. The number of hydrogen-bond acceptors (Lipinski definition) is 11. The number of benzene rings is 9. The van der Waals surface area contributed by atoms with Crippen molar-refractivity contribution in [3.8, 4) is 50.6 Å². The zero-order valence-electron chi connectivity index (χ0n) is 64.5. The van der Waals surface area contributed by atoms with Crippen LogP contribution in [0.4, 0.5) is 48.1 Å². The topological polar surface area (TPSA) is 301 Å². The highest BCUT2D eigenvalue weighted by molar-refractivity contribution is 6.03. The normalized spacial score (nSPS) is 14.0. The summed E-state index contributed by atoms with van der Waals surface area (Å²) < 4.78 is 0. The van der Waals surface area contributed by atoms with Crippen molar-refractivity contribution in [2.24, 2.45) is 5.92 Å². The molecular formula is C88H97N19O4. The van der Waals surface area contributed by atoms with Crippen LogP contribution in [0.25, 0.3) is 88.1 Å². The van der Waals surface area contributed by atoms with Crippen LogP contribution in [0.15, 0.2) is 176 Å². The second-order valence-corrected chi connectivity index (χ2v) is 29.1. The van der Waals surface area contributed by atoms with Gasteiger partial charge in [0.25, 0.3) is 0 Å². The van der Waals surface area contributed by atoms with Gasteiger partial charge in [0.2, 0.25) is 0 Å². The maximum Gasteiger partial charge on any atom is 0.323 e. The predicted molar refractivity (Wildman–Crippen MR) is 448 cm³/mol. The van der Waals surface area contributed by atoms with E-state index in [0.717, 1.165) is 117 Å². The maximum absolute atomic E-state index is 12.9. The molecule has 4 aromatic heterocycles. The molecule has 3 fully saturated rings. The van der Waals surface area contributed by atoms with Gasteiger partial charge in [0.15, 0.2) is 23.3 Å². The van der Waals surface area contributed by atoms with Crippen molar-refractivity contribution in [3.05, 3.63) is 220 Å². The lowest BCUT2D eigenvalue weighted by molar-refractivity contribution is 0.208. The van der Waals surface area contributed by atoms with Crippen LogP contribution in [0.3, 0.4) is 0 Å². The summed E-state index contributed by atoms with van der Waals surface area (Å²) in [6, 6.07) is 61.4. The number of nitrogens with zero attached hydrogens (tertiary/aromatic N) is 8. The number of aryl methyl sites for hydroxylation is 7. The summed E-state index contributed by atoms with van der Waals surface area (Å²) in [6.07, 6.45) is 5.67. The maximum atomic E-state index is 12.9. The molecule has 0 spiro atoms. The van der Waals surface area contributed by atoms with Gasteiger partial charge in [-0.25, -0.2) is 19.2 Å².